The lowest BCUT2D eigenvalue weighted by atomic mass is 10.3. The van der Waals surface area contributed by atoms with Crippen molar-refractivity contribution in [2.75, 3.05) is 14.1 Å². The van der Waals surface area contributed by atoms with E-state index in [1.165, 1.54) is 6.26 Å². The number of aliphatic imine (C=N–C) groups is 2. The first-order valence-corrected chi connectivity index (χ1v) is 4.39. The molecule has 0 amide bonds. The van der Waals surface area contributed by atoms with Crippen molar-refractivity contribution >= 4 is 17.6 Å². The number of guanidine groups is 2. The maximum Gasteiger partial charge on any atom is 0.223 e. The number of nitrogens with two attached hydrogens (primary N) is 2. The van der Waals surface area contributed by atoms with E-state index in [-0.39, 0.29) is 5.96 Å². The molecule has 6 nitrogen and oxygen atoms in total. The van der Waals surface area contributed by atoms with Crippen LogP contribution in [0.1, 0.15) is 5.56 Å². The molecule has 0 aliphatic carbocycles. The summed E-state index contributed by atoms with van der Waals surface area (Å²) in [6.45, 7) is 1.87. The van der Waals surface area contributed by atoms with Gasteiger partial charge >= 0.3 is 0 Å². The Morgan fingerprint density at radius 3 is 2.47 bits per heavy atom. The highest BCUT2D eigenvalue weighted by Crippen LogP contribution is 2.18. The number of furan rings is 1. The fraction of sp³-hybridized carbons (Fsp3) is 0.333. The second-order valence-corrected chi connectivity index (χ2v) is 3.27. The Balaban J connectivity index is 2.86. The van der Waals surface area contributed by atoms with Crippen molar-refractivity contribution in [3.05, 3.63) is 18.1 Å². The van der Waals surface area contributed by atoms with Gasteiger partial charge in [0.15, 0.2) is 5.96 Å². The third-order valence-electron chi connectivity index (χ3n) is 1.75. The van der Waals surface area contributed by atoms with Gasteiger partial charge in [-0.25, -0.2) is 4.99 Å². The molecular weight excluding hydrogens is 194 g/mol. The van der Waals surface area contributed by atoms with Crippen LogP contribution in [-0.2, 0) is 0 Å². The van der Waals surface area contributed by atoms with E-state index < -0.39 is 0 Å². The van der Waals surface area contributed by atoms with Gasteiger partial charge in [-0.2, -0.15) is 4.99 Å². The molecule has 82 valence electrons. The van der Waals surface area contributed by atoms with Crippen molar-refractivity contribution in [2.24, 2.45) is 21.5 Å². The van der Waals surface area contributed by atoms with Gasteiger partial charge in [-0.1, -0.05) is 0 Å². The molecule has 6 heteroatoms. The Labute approximate surface area is 88.3 Å². The molecule has 1 aromatic rings. The number of aryl methyl sites for hydroxylation is 1. The van der Waals surface area contributed by atoms with Crippen LogP contribution in [-0.4, -0.2) is 30.9 Å². The molecule has 0 saturated heterocycles. The van der Waals surface area contributed by atoms with Crippen LogP contribution in [0.25, 0.3) is 0 Å². The smallest absolute Gasteiger partial charge is 0.223 e. The van der Waals surface area contributed by atoms with Crippen molar-refractivity contribution in [3.63, 3.8) is 0 Å². The van der Waals surface area contributed by atoms with E-state index in [2.05, 4.69) is 9.98 Å². The highest BCUT2D eigenvalue weighted by Gasteiger charge is 2.00. The first kappa shape index (κ1) is 11.1. The zero-order valence-corrected chi connectivity index (χ0v) is 9.06. The Bertz CT molecular complexity index is 391. The van der Waals surface area contributed by atoms with E-state index in [1.54, 1.807) is 25.3 Å². The quantitative estimate of drug-likeness (QED) is 0.517. The van der Waals surface area contributed by atoms with Gasteiger partial charge in [0.2, 0.25) is 5.96 Å². The van der Waals surface area contributed by atoms with Crippen molar-refractivity contribution < 1.29 is 4.42 Å². The van der Waals surface area contributed by atoms with E-state index in [0.717, 1.165) is 5.56 Å². The first-order valence-electron chi connectivity index (χ1n) is 4.39. The summed E-state index contributed by atoms with van der Waals surface area (Å²) in [6.07, 6.45) is 3.09. The molecule has 0 spiro atoms. The molecule has 1 heterocycles. The predicted molar refractivity (Wildman–Crippen MR) is 60.0 cm³/mol. The summed E-state index contributed by atoms with van der Waals surface area (Å²) < 4.78 is 4.95. The second-order valence-electron chi connectivity index (χ2n) is 3.27. The topological polar surface area (TPSA) is 93.1 Å². The summed E-state index contributed by atoms with van der Waals surface area (Å²) in [5.41, 5.74) is 12.7. The summed E-state index contributed by atoms with van der Waals surface area (Å²) in [4.78, 5) is 9.59. The van der Waals surface area contributed by atoms with Crippen LogP contribution in [0.2, 0.25) is 0 Å². The number of rotatable bonds is 1. The van der Waals surface area contributed by atoms with E-state index in [0.29, 0.717) is 11.6 Å². The Hall–Kier alpha value is -1.98. The molecule has 0 unspecified atom stereocenters. The fourth-order valence-corrected chi connectivity index (χ4v) is 0.834. The second kappa shape index (κ2) is 4.50. The normalized spacial score (nSPS) is 13.0. The van der Waals surface area contributed by atoms with Gasteiger partial charge in [-0.15, -0.1) is 0 Å². The molecule has 0 bridgehead atoms. The maximum absolute atomic E-state index is 5.59. The molecule has 0 aromatic carbocycles. The Morgan fingerprint density at radius 1 is 1.33 bits per heavy atom. The average Bonchev–Trinajstić information content (AvgIpc) is 2.51. The van der Waals surface area contributed by atoms with Crippen LogP contribution in [0, 0.1) is 6.92 Å². The molecule has 0 aliphatic heterocycles. The lowest BCUT2D eigenvalue weighted by Crippen LogP contribution is -2.32. The van der Waals surface area contributed by atoms with Gasteiger partial charge in [-0.05, 0) is 6.92 Å². The molecule has 0 fully saturated rings. The van der Waals surface area contributed by atoms with Gasteiger partial charge in [0, 0.05) is 19.7 Å². The third kappa shape index (κ3) is 3.01. The average molecular weight is 209 g/mol. The van der Waals surface area contributed by atoms with E-state index in [4.69, 9.17) is 15.9 Å². The third-order valence-corrected chi connectivity index (χ3v) is 1.75. The molecule has 1 aromatic heterocycles. The van der Waals surface area contributed by atoms with E-state index in [9.17, 15) is 0 Å². The highest BCUT2D eigenvalue weighted by atomic mass is 16.3. The lowest BCUT2D eigenvalue weighted by Gasteiger charge is -2.09. The highest BCUT2D eigenvalue weighted by molar-refractivity contribution is 5.94. The molecule has 0 aliphatic rings. The summed E-state index contributed by atoms with van der Waals surface area (Å²) >= 11 is 0. The minimum atomic E-state index is 0.103. The van der Waals surface area contributed by atoms with Gasteiger partial charge in [0.25, 0.3) is 0 Å². The molecular formula is C9H15N5O. The monoisotopic (exact) mass is 209 g/mol. The number of hydrogen-bond donors (Lipinski definition) is 2. The summed E-state index contributed by atoms with van der Waals surface area (Å²) in [5.74, 6) is 0.406. The van der Waals surface area contributed by atoms with Crippen molar-refractivity contribution in [3.8, 4) is 0 Å². The fourth-order valence-electron chi connectivity index (χ4n) is 0.834. The summed E-state index contributed by atoms with van der Waals surface area (Å²) in [5, 5.41) is 0. The van der Waals surface area contributed by atoms with Crippen molar-refractivity contribution in [1.82, 2.24) is 4.90 Å². The molecule has 0 saturated carbocycles. The first-order chi connectivity index (χ1) is 7.00. The van der Waals surface area contributed by atoms with Crippen LogP contribution in [0.3, 0.4) is 0 Å². The predicted octanol–water partition coefficient (Wildman–Crippen LogP) is 0.411. The van der Waals surface area contributed by atoms with Gasteiger partial charge in [0.1, 0.15) is 12.0 Å². The lowest BCUT2D eigenvalue weighted by molar-refractivity contribution is 0.566. The van der Waals surface area contributed by atoms with Crippen LogP contribution in [0.15, 0.2) is 26.9 Å². The zero-order valence-electron chi connectivity index (χ0n) is 9.06. The SMILES string of the molecule is Cc1cocc1N=C(N)/N=C(\N)N(C)C. The van der Waals surface area contributed by atoms with Crippen LogP contribution in [0.4, 0.5) is 5.69 Å². The molecule has 1 rings (SSSR count). The van der Waals surface area contributed by atoms with E-state index in [1.807, 2.05) is 6.92 Å². The Morgan fingerprint density at radius 2 is 2.00 bits per heavy atom. The van der Waals surface area contributed by atoms with Gasteiger partial charge in [0.05, 0.1) is 6.26 Å². The summed E-state index contributed by atoms with van der Waals surface area (Å²) in [6, 6.07) is 0. The van der Waals surface area contributed by atoms with Gasteiger partial charge < -0.3 is 20.8 Å². The van der Waals surface area contributed by atoms with Crippen molar-refractivity contribution in [2.45, 2.75) is 6.92 Å². The standard InChI is InChI=1S/C9H15N5O/c1-6-4-15-5-7(6)12-8(10)13-9(11)14(2)3/h4-5H,1-3H3,(H4,10,11,12,13). The van der Waals surface area contributed by atoms with Crippen molar-refractivity contribution in [1.29, 1.82) is 0 Å². The molecule has 0 radical (unpaired) electrons. The maximum atomic E-state index is 5.59. The summed E-state index contributed by atoms with van der Waals surface area (Å²) in [7, 11) is 3.55. The minimum absolute atomic E-state index is 0.103. The van der Waals surface area contributed by atoms with Crippen LogP contribution < -0.4 is 11.5 Å². The molecule has 15 heavy (non-hydrogen) atoms. The molecule has 0 atom stereocenters. The van der Waals surface area contributed by atoms with Gasteiger partial charge in [-0.3, -0.25) is 0 Å². The number of hydrogen-bond acceptors (Lipinski definition) is 2. The van der Waals surface area contributed by atoms with Crippen LogP contribution >= 0.6 is 0 Å². The molecule has 4 N–H and O–H groups in total. The largest absolute Gasteiger partial charge is 0.470 e. The Kier molecular flexibility index (Phi) is 3.33. The number of nitrogens with zero attached hydrogens (tertiary/aromatic N) is 3. The van der Waals surface area contributed by atoms with E-state index >= 15 is 0 Å². The minimum Gasteiger partial charge on any atom is -0.470 e. The zero-order chi connectivity index (χ0) is 11.4. The van der Waals surface area contributed by atoms with Crippen LogP contribution in [0.5, 0.6) is 0 Å².